The number of carbonyl (C=O) groups is 1. The van der Waals surface area contributed by atoms with E-state index in [0.717, 1.165) is 10.0 Å². The highest BCUT2D eigenvalue weighted by atomic mass is 79.9. The van der Waals surface area contributed by atoms with Gasteiger partial charge >= 0.3 is 5.97 Å². The molecule has 1 heterocycles. The lowest BCUT2D eigenvalue weighted by atomic mass is 10.1. The molecule has 0 N–H and O–H groups in total. The Labute approximate surface area is 192 Å². The molecule has 0 aliphatic carbocycles. The van der Waals surface area contributed by atoms with Gasteiger partial charge in [0, 0.05) is 27.2 Å². The number of nitro groups is 1. The van der Waals surface area contributed by atoms with Crippen molar-refractivity contribution < 1.29 is 19.2 Å². The van der Waals surface area contributed by atoms with Gasteiger partial charge in [0.2, 0.25) is 5.90 Å². The van der Waals surface area contributed by atoms with Crippen LogP contribution in [0, 0.1) is 17.0 Å². The van der Waals surface area contributed by atoms with Crippen molar-refractivity contribution in [1.29, 1.82) is 0 Å². The van der Waals surface area contributed by atoms with Crippen LogP contribution in [0.25, 0.3) is 6.08 Å². The summed E-state index contributed by atoms with van der Waals surface area (Å²) in [5.74, 6) is 0.108. The van der Waals surface area contributed by atoms with Gasteiger partial charge in [-0.3, -0.25) is 10.1 Å². The van der Waals surface area contributed by atoms with Crippen LogP contribution < -0.4 is 4.74 Å². The Hall–Kier alpha value is -3.78. The number of hydrogen-bond donors (Lipinski definition) is 0. The third kappa shape index (κ3) is 4.76. The van der Waals surface area contributed by atoms with Crippen LogP contribution >= 0.6 is 15.9 Å². The Morgan fingerprint density at radius 1 is 1.12 bits per heavy atom. The van der Waals surface area contributed by atoms with E-state index in [2.05, 4.69) is 20.9 Å². The third-order valence-corrected chi connectivity index (χ3v) is 5.31. The summed E-state index contributed by atoms with van der Waals surface area (Å²) in [7, 11) is 0. The molecule has 0 unspecified atom stereocenters. The van der Waals surface area contributed by atoms with Gasteiger partial charge < -0.3 is 9.47 Å². The summed E-state index contributed by atoms with van der Waals surface area (Å²) in [4.78, 5) is 27.2. The Balaban J connectivity index is 1.58. The maximum Gasteiger partial charge on any atom is 0.363 e. The van der Waals surface area contributed by atoms with E-state index in [4.69, 9.17) is 9.47 Å². The molecule has 0 bridgehead atoms. The fourth-order valence-corrected chi connectivity index (χ4v) is 3.41. The number of aliphatic imine (C=N–C) groups is 1. The Morgan fingerprint density at radius 2 is 1.88 bits per heavy atom. The molecule has 0 radical (unpaired) electrons. The largest absolute Gasteiger partial charge is 0.488 e. The first-order valence-corrected chi connectivity index (χ1v) is 10.4. The molecule has 0 saturated heterocycles. The molecule has 0 amide bonds. The highest BCUT2D eigenvalue weighted by Gasteiger charge is 2.25. The summed E-state index contributed by atoms with van der Waals surface area (Å²) in [6.07, 6.45) is 1.60. The van der Waals surface area contributed by atoms with E-state index in [9.17, 15) is 14.9 Å². The average Bonchev–Trinajstić information content (AvgIpc) is 3.14. The normalized spacial score (nSPS) is 14.2. The van der Waals surface area contributed by atoms with Gasteiger partial charge in [-0.2, -0.15) is 0 Å². The molecule has 1 aliphatic rings. The van der Waals surface area contributed by atoms with E-state index in [0.29, 0.717) is 29.0 Å². The van der Waals surface area contributed by atoms with Gasteiger partial charge in [0.25, 0.3) is 5.69 Å². The maximum atomic E-state index is 12.4. The number of cyclic esters (lactones) is 1. The number of rotatable bonds is 6. The van der Waals surface area contributed by atoms with Crippen LogP contribution in [-0.4, -0.2) is 16.8 Å². The summed E-state index contributed by atoms with van der Waals surface area (Å²) in [5, 5.41) is 11.0. The molecular formula is C24H17BrN2O5. The van der Waals surface area contributed by atoms with Gasteiger partial charge in [-0.15, -0.1) is 0 Å². The molecule has 3 aromatic carbocycles. The first-order chi connectivity index (χ1) is 15.4. The second kappa shape index (κ2) is 9.15. The van der Waals surface area contributed by atoms with Crippen LogP contribution in [0.1, 0.15) is 22.3 Å². The van der Waals surface area contributed by atoms with Crippen LogP contribution in [0.15, 0.2) is 81.9 Å². The molecule has 3 aromatic rings. The van der Waals surface area contributed by atoms with E-state index < -0.39 is 10.9 Å². The highest BCUT2D eigenvalue weighted by Crippen LogP contribution is 2.27. The zero-order valence-corrected chi connectivity index (χ0v) is 18.5. The number of para-hydroxylation sites is 1. The highest BCUT2D eigenvalue weighted by molar-refractivity contribution is 9.10. The van der Waals surface area contributed by atoms with E-state index >= 15 is 0 Å². The minimum atomic E-state index is -0.598. The third-order valence-electron chi connectivity index (χ3n) is 4.78. The summed E-state index contributed by atoms with van der Waals surface area (Å²) in [5.41, 5.74) is 2.74. The zero-order chi connectivity index (χ0) is 22.7. The van der Waals surface area contributed by atoms with Crippen molar-refractivity contribution in [3.63, 3.8) is 0 Å². The summed E-state index contributed by atoms with van der Waals surface area (Å²) >= 11 is 3.41. The Kier molecular flexibility index (Phi) is 6.13. The first kappa shape index (κ1) is 21.5. The number of hydrogen-bond acceptors (Lipinski definition) is 6. The van der Waals surface area contributed by atoms with Crippen molar-refractivity contribution in [3.05, 3.63) is 109 Å². The molecule has 7 nitrogen and oxygen atoms in total. The number of nitro benzene ring substituents is 1. The summed E-state index contributed by atoms with van der Waals surface area (Å²) in [6.45, 7) is 1.99. The van der Waals surface area contributed by atoms with Crippen LogP contribution in [0.2, 0.25) is 0 Å². The smallest absolute Gasteiger partial charge is 0.363 e. The standard InChI is InChI=1S/C24H17BrN2O5/c1-15-12-18(8-11-21(15)27(29)30)23-26-20(24(28)32-23)13-17-4-2-3-5-22(17)31-14-16-6-9-19(25)10-7-16/h2-13H,14H2,1H3/b20-13-. The fourth-order valence-electron chi connectivity index (χ4n) is 3.15. The quantitative estimate of drug-likeness (QED) is 0.193. The van der Waals surface area contributed by atoms with Crippen LogP contribution in [-0.2, 0) is 16.1 Å². The van der Waals surface area contributed by atoms with Crippen molar-refractivity contribution in [2.45, 2.75) is 13.5 Å². The minimum Gasteiger partial charge on any atom is -0.488 e. The molecule has 0 fully saturated rings. The predicted octanol–water partition coefficient (Wildman–Crippen LogP) is 5.59. The van der Waals surface area contributed by atoms with E-state index in [1.165, 1.54) is 12.1 Å². The van der Waals surface area contributed by atoms with Crippen molar-refractivity contribution >= 4 is 39.6 Å². The molecule has 8 heteroatoms. The Morgan fingerprint density at radius 3 is 2.59 bits per heavy atom. The lowest BCUT2D eigenvalue weighted by Crippen LogP contribution is -2.06. The monoisotopic (exact) mass is 492 g/mol. The average molecular weight is 493 g/mol. The zero-order valence-electron chi connectivity index (χ0n) is 16.9. The van der Waals surface area contributed by atoms with Gasteiger partial charge in [0.05, 0.1) is 4.92 Å². The molecule has 4 rings (SSSR count). The Bertz CT molecular complexity index is 1270. The molecule has 0 atom stereocenters. The molecule has 0 saturated carbocycles. The van der Waals surface area contributed by atoms with Crippen LogP contribution in [0.5, 0.6) is 5.75 Å². The number of benzene rings is 3. The van der Waals surface area contributed by atoms with Gasteiger partial charge in [0.1, 0.15) is 12.4 Å². The first-order valence-electron chi connectivity index (χ1n) is 9.65. The fraction of sp³-hybridized carbons (Fsp3) is 0.0833. The number of halogens is 1. The molecular weight excluding hydrogens is 476 g/mol. The van der Waals surface area contributed by atoms with E-state index in [1.54, 1.807) is 19.1 Å². The van der Waals surface area contributed by atoms with Crippen LogP contribution in [0.3, 0.4) is 0 Å². The topological polar surface area (TPSA) is 91.0 Å². The molecule has 32 heavy (non-hydrogen) atoms. The minimum absolute atomic E-state index is 0.00807. The second-order valence-corrected chi connectivity index (χ2v) is 7.96. The molecule has 160 valence electrons. The SMILES string of the molecule is Cc1cc(C2=N/C(=C\c3ccccc3OCc3ccc(Br)cc3)C(=O)O2)ccc1[N+](=O)[O-]. The number of ether oxygens (including phenoxy) is 2. The lowest BCUT2D eigenvalue weighted by Gasteiger charge is -2.09. The number of nitrogens with zero attached hydrogens (tertiary/aromatic N) is 2. The number of esters is 1. The molecule has 0 spiro atoms. The summed E-state index contributed by atoms with van der Waals surface area (Å²) in [6, 6.07) is 19.6. The van der Waals surface area contributed by atoms with Crippen LogP contribution in [0.4, 0.5) is 5.69 Å². The van der Waals surface area contributed by atoms with Gasteiger partial charge in [-0.1, -0.05) is 46.3 Å². The number of carbonyl (C=O) groups excluding carboxylic acids is 1. The lowest BCUT2D eigenvalue weighted by molar-refractivity contribution is -0.385. The molecule has 1 aliphatic heterocycles. The van der Waals surface area contributed by atoms with Gasteiger partial charge in [0.15, 0.2) is 5.70 Å². The van der Waals surface area contributed by atoms with Crippen molar-refractivity contribution in [3.8, 4) is 5.75 Å². The predicted molar refractivity (Wildman–Crippen MR) is 123 cm³/mol. The van der Waals surface area contributed by atoms with Crippen molar-refractivity contribution in [2.75, 3.05) is 0 Å². The second-order valence-electron chi connectivity index (χ2n) is 7.05. The van der Waals surface area contributed by atoms with Gasteiger partial charge in [-0.05, 0) is 48.9 Å². The van der Waals surface area contributed by atoms with Crippen molar-refractivity contribution in [2.24, 2.45) is 4.99 Å². The maximum absolute atomic E-state index is 12.4. The van der Waals surface area contributed by atoms with Gasteiger partial charge in [-0.25, -0.2) is 9.79 Å². The van der Waals surface area contributed by atoms with Crippen molar-refractivity contribution in [1.82, 2.24) is 0 Å². The summed E-state index contributed by atoms with van der Waals surface area (Å²) < 4.78 is 12.2. The molecule has 0 aromatic heterocycles. The van der Waals surface area contributed by atoms with E-state index in [1.807, 2.05) is 48.5 Å². The van der Waals surface area contributed by atoms with E-state index in [-0.39, 0.29) is 17.3 Å². The number of aryl methyl sites for hydroxylation is 1.